The van der Waals surface area contributed by atoms with Crippen LogP contribution in [0.1, 0.15) is 36.1 Å². The Kier molecular flexibility index (Phi) is 6.55. The van der Waals surface area contributed by atoms with Gasteiger partial charge < -0.3 is 20.1 Å². The van der Waals surface area contributed by atoms with Gasteiger partial charge in [0.25, 0.3) is 0 Å². The van der Waals surface area contributed by atoms with E-state index in [0.717, 1.165) is 29.0 Å². The van der Waals surface area contributed by atoms with Crippen LogP contribution in [0.25, 0.3) is 0 Å². The number of ether oxygens (including phenoxy) is 2. The van der Waals surface area contributed by atoms with Crippen LogP contribution >= 0.6 is 0 Å². The first-order valence-corrected chi connectivity index (χ1v) is 9.62. The highest BCUT2D eigenvalue weighted by Crippen LogP contribution is 2.35. The highest BCUT2D eigenvalue weighted by Gasteiger charge is 2.22. The Morgan fingerprint density at radius 2 is 2.03 bits per heavy atom. The molecule has 152 valence electrons. The van der Waals surface area contributed by atoms with Gasteiger partial charge in [-0.15, -0.1) is 0 Å². The van der Waals surface area contributed by atoms with Gasteiger partial charge in [-0.25, -0.2) is 4.39 Å². The van der Waals surface area contributed by atoms with E-state index in [-0.39, 0.29) is 12.6 Å². The predicted molar refractivity (Wildman–Crippen MR) is 110 cm³/mol. The van der Waals surface area contributed by atoms with Crippen LogP contribution in [-0.4, -0.2) is 25.7 Å². The summed E-state index contributed by atoms with van der Waals surface area (Å²) in [6, 6.07) is 10.4. The van der Waals surface area contributed by atoms with Crippen LogP contribution in [0.5, 0.6) is 11.5 Å². The Bertz CT molecular complexity index is 953. The molecule has 0 aromatic heterocycles. The number of rotatable bonds is 6. The molecule has 0 spiro atoms. The molecule has 29 heavy (non-hydrogen) atoms. The van der Waals surface area contributed by atoms with E-state index in [1.165, 1.54) is 6.07 Å². The van der Waals surface area contributed by atoms with Crippen LogP contribution in [0.15, 0.2) is 35.3 Å². The van der Waals surface area contributed by atoms with Gasteiger partial charge in [0.15, 0.2) is 5.96 Å². The van der Waals surface area contributed by atoms with Crippen molar-refractivity contribution in [3.05, 3.63) is 58.4 Å². The molecule has 0 radical (unpaired) electrons. The average Bonchev–Trinajstić information content (AvgIpc) is 3.07. The van der Waals surface area contributed by atoms with E-state index in [1.54, 1.807) is 19.2 Å². The standard InChI is InChI=1S/C22H25FN4O2/c1-4-28-20-9-17-7-14(2)29-21(17)10-18(20)13-27-22(25-3)26-12-16-6-5-15(11-24)8-19(16)23/h5-6,8-10,14H,4,7,12-13H2,1-3H3,(H2,25,26,27). The van der Waals surface area contributed by atoms with Crippen molar-refractivity contribution >= 4 is 5.96 Å². The van der Waals surface area contributed by atoms with Crippen molar-refractivity contribution in [2.45, 2.75) is 39.5 Å². The zero-order chi connectivity index (χ0) is 20.8. The summed E-state index contributed by atoms with van der Waals surface area (Å²) in [6.07, 6.45) is 1.04. The van der Waals surface area contributed by atoms with Crippen molar-refractivity contribution in [3.63, 3.8) is 0 Å². The smallest absolute Gasteiger partial charge is 0.191 e. The maximum atomic E-state index is 14.1. The van der Waals surface area contributed by atoms with Crippen LogP contribution < -0.4 is 20.1 Å². The van der Waals surface area contributed by atoms with Crippen LogP contribution in [0, 0.1) is 17.1 Å². The SMILES string of the molecule is CCOc1cc2c(cc1CNC(=NC)NCc1ccc(C#N)cc1F)OC(C)C2. The van der Waals surface area contributed by atoms with Gasteiger partial charge >= 0.3 is 0 Å². The van der Waals surface area contributed by atoms with E-state index < -0.39 is 5.82 Å². The second kappa shape index (κ2) is 9.28. The van der Waals surface area contributed by atoms with Gasteiger partial charge in [0.2, 0.25) is 0 Å². The molecule has 6 nitrogen and oxygen atoms in total. The van der Waals surface area contributed by atoms with Gasteiger partial charge in [-0.2, -0.15) is 5.26 Å². The second-order valence-corrected chi connectivity index (χ2v) is 6.83. The molecule has 0 fully saturated rings. The molecule has 0 amide bonds. The van der Waals surface area contributed by atoms with E-state index >= 15 is 0 Å². The number of hydrogen-bond acceptors (Lipinski definition) is 4. The number of nitrogens with zero attached hydrogens (tertiary/aromatic N) is 2. The lowest BCUT2D eigenvalue weighted by molar-refractivity contribution is 0.254. The van der Waals surface area contributed by atoms with Crippen LogP contribution in [0.2, 0.25) is 0 Å². The third-order valence-corrected chi connectivity index (χ3v) is 4.68. The first-order valence-electron chi connectivity index (χ1n) is 9.62. The maximum absolute atomic E-state index is 14.1. The summed E-state index contributed by atoms with van der Waals surface area (Å²) >= 11 is 0. The van der Waals surface area contributed by atoms with Gasteiger partial charge in [0.1, 0.15) is 23.4 Å². The van der Waals surface area contributed by atoms with Crippen LogP contribution in [-0.2, 0) is 19.5 Å². The summed E-state index contributed by atoms with van der Waals surface area (Å²) < 4.78 is 25.7. The van der Waals surface area contributed by atoms with Crippen molar-refractivity contribution in [2.75, 3.05) is 13.7 Å². The first kappa shape index (κ1) is 20.5. The monoisotopic (exact) mass is 396 g/mol. The number of nitriles is 1. The molecule has 0 bridgehead atoms. The molecule has 0 aliphatic carbocycles. The van der Waals surface area contributed by atoms with Gasteiger partial charge in [-0.05, 0) is 38.1 Å². The van der Waals surface area contributed by atoms with E-state index in [2.05, 4.69) is 15.6 Å². The Balaban J connectivity index is 1.65. The molecular weight excluding hydrogens is 371 g/mol. The molecule has 2 aromatic carbocycles. The summed E-state index contributed by atoms with van der Waals surface area (Å²) in [7, 11) is 1.65. The lowest BCUT2D eigenvalue weighted by Gasteiger charge is -2.16. The fourth-order valence-corrected chi connectivity index (χ4v) is 3.25. The summed E-state index contributed by atoms with van der Waals surface area (Å²) in [5, 5.41) is 15.2. The summed E-state index contributed by atoms with van der Waals surface area (Å²) in [6.45, 7) is 5.31. The molecular formula is C22H25FN4O2. The number of nitrogens with one attached hydrogen (secondary N) is 2. The third-order valence-electron chi connectivity index (χ3n) is 4.68. The van der Waals surface area contributed by atoms with Gasteiger partial charge in [-0.1, -0.05) is 6.07 Å². The molecule has 1 atom stereocenters. The van der Waals surface area contributed by atoms with Crippen molar-refractivity contribution in [1.82, 2.24) is 10.6 Å². The quantitative estimate of drug-likeness (QED) is 0.579. The minimum atomic E-state index is -0.421. The largest absolute Gasteiger partial charge is 0.494 e. The molecule has 1 aliphatic rings. The molecule has 0 saturated carbocycles. The number of benzene rings is 2. The molecule has 3 rings (SSSR count). The topological polar surface area (TPSA) is 78.7 Å². The van der Waals surface area contributed by atoms with E-state index in [9.17, 15) is 4.39 Å². The zero-order valence-corrected chi connectivity index (χ0v) is 16.9. The normalized spacial score (nSPS) is 15.3. The van der Waals surface area contributed by atoms with Gasteiger partial charge in [0, 0.05) is 43.2 Å². The van der Waals surface area contributed by atoms with Crippen molar-refractivity contribution < 1.29 is 13.9 Å². The highest BCUT2D eigenvalue weighted by atomic mass is 19.1. The van der Waals surface area contributed by atoms with Gasteiger partial charge in [-0.3, -0.25) is 4.99 Å². The van der Waals surface area contributed by atoms with Crippen LogP contribution in [0.3, 0.4) is 0 Å². The summed E-state index contributed by atoms with van der Waals surface area (Å²) in [4.78, 5) is 4.19. The lowest BCUT2D eigenvalue weighted by Crippen LogP contribution is -2.36. The third kappa shape index (κ3) is 4.96. The summed E-state index contributed by atoms with van der Waals surface area (Å²) in [5.74, 6) is 1.83. The highest BCUT2D eigenvalue weighted by molar-refractivity contribution is 5.79. The van der Waals surface area contributed by atoms with E-state index in [4.69, 9.17) is 14.7 Å². The van der Waals surface area contributed by atoms with Crippen molar-refractivity contribution in [2.24, 2.45) is 4.99 Å². The molecule has 7 heteroatoms. The first-order chi connectivity index (χ1) is 14.0. The fourth-order valence-electron chi connectivity index (χ4n) is 3.25. The predicted octanol–water partition coefficient (Wildman–Crippen LogP) is 3.28. The van der Waals surface area contributed by atoms with E-state index in [1.807, 2.05) is 32.0 Å². The molecule has 0 saturated heterocycles. The Hall–Kier alpha value is -3.27. The van der Waals surface area contributed by atoms with Crippen molar-refractivity contribution in [3.8, 4) is 17.6 Å². The molecule has 2 N–H and O–H groups in total. The number of halogens is 1. The summed E-state index contributed by atoms with van der Waals surface area (Å²) in [5.41, 5.74) is 2.88. The Morgan fingerprint density at radius 3 is 2.69 bits per heavy atom. The molecule has 1 unspecified atom stereocenters. The number of hydrogen-bond donors (Lipinski definition) is 2. The Morgan fingerprint density at radius 1 is 1.28 bits per heavy atom. The fraction of sp³-hybridized carbons (Fsp3) is 0.364. The molecule has 1 heterocycles. The molecule has 2 aromatic rings. The number of aliphatic imine (C=N–C) groups is 1. The second-order valence-electron chi connectivity index (χ2n) is 6.83. The number of fused-ring (bicyclic) bond motifs is 1. The Labute approximate surface area is 170 Å². The minimum Gasteiger partial charge on any atom is -0.494 e. The van der Waals surface area contributed by atoms with Gasteiger partial charge in [0.05, 0.1) is 18.2 Å². The number of guanidine groups is 1. The average molecular weight is 396 g/mol. The maximum Gasteiger partial charge on any atom is 0.191 e. The van der Waals surface area contributed by atoms with E-state index in [0.29, 0.717) is 30.2 Å². The minimum absolute atomic E-state index is 0.166. The van der Waals surface area contributed by atoms with Crippen LogP contribution in [0.4, 0.5) is 4.39 Å². The van der Waals surface area contributed by atoms with Crippen molar-refractivity contribution in [1.29, 1.82) is 5.26 Å². The lowest BCUT2D eigenvalue weighted by atomic mass is 10.1. The molecule has 1 aliphatic heterocycles. The zero-order valence-electron chi connectivity index (χ0n) is 16.9.